The van der Waals surface area contributed by atoms with E-state index in [1.807, 2.05) is 0 Å². The van der Waals surface area contributed by atoms with Crippen LogP contribution in [-0.2, 0) is 0 Å². The molecule has 0 atom stereocenters. The van der Waals surface area contributed by atoms with Crippen LogP contribution in [0.25, 0.3) is 0 Å². The number of hydrogen-bond acceptors (Lipinski definition) is 0. The van der Waals surface area contributed by atoms with Crippen LogP contribution in [0.15, 0.2) is 12.2 Å². The molecule has 0 radical (unpaired) electrons. The molecule has 0 rings (SSSR count). The van der Waals surface area contributed by atoms with Crippen molar-refractivity contribution in [2.75, 3.05) is 21.1 Å². The van der Waals surface area contributed by atoms with Crippen molar-refractivity contribution < 1.29 is 4.48 Å². The van der Waals surface area contributed by atoms with Crippen LogP contribution in [-0.4, -0.2) is 31.2 Å². The minimum Gasteiger partial charge on any atom is -0.323 e. The lowest BCUT2D eigenvalue weighted by Gasteiger charge is -2.42. The van der Waals surface area contributed by atoms with E-state index >= 15 is 0 Å². The molecule has 0 aromatic rings. The average molecular weight is 170 g/mol. The van der Waals surface area contributed by atoms with E-state index in [4.69, 9.17) is 0 Å². The molecule has 1 nitrogen and oxygen atoms in total. The summed E-state index contributed by atoms with van der Waals surface area (Å²) in [6.07, 6.45) is 2.34. The monoisotopic (exact) mass is 170 g/mol. The summed E-state index contributed by atoms with van der Waals surface area (Å²) in [5.74, 6) is 0. The Hall–Kier alpha value is -0.300. The van der Waals surface area contributed by atoms with Gasteiger partial charge in [-0.15, -0.1) is 0 Å². The lowest BCUT2D eigenvalue weighted by Crippen LogP contribution is -2.53. The van der Waals surface area contributed by atoms with Gasteiger partial charge in [0.15, 0.2) is 0 Å². The predicted octanol–water partition coefficient (Wildman–Crippen LogP) is 2.83. The van der Waals surface area contributed by atoms with Gasteiger partial charge in [0.25, 0.3) is 0 Å². The van der Waals surface area contributed by atoms with E-state index in [1.54, 1.807) is 0 Å². The highest BCUT2D eigenvalue weighted by Crippen LogP contribution is 2.28. The predicted molar refractivity (Wildman–Crippen MR) is 56.2 cm³/mol. The highest BCUT2D eigenvalue weighted by molar-refractivity contribution is 5.08. The van der Waals surface area contributed by atoms with Gasteiger partial charge in [-0.2, -0.15) is 0 Å². The molecule has 0 N–H and O–H groups in total. The van der Waals surface area contributed by atoms with Crippen LogP contribution in [0, 0.1) is 0 Å². The number of rotatable bonds is 4. The van der Waals surface area contributed by atoms with Crippen molar-refractivity contribution in [2.24, 2.45) is 0 Å². The summed E-state index contributed by atoms with van der Waals surface area (Å²) in [5.41, 5.74) is 1.55. The van der Waals surface area contributed by atoms with Crippen LogP contribution in [0.1, 0.15) is 33.6 Å². The fraction of sp³-hybridized carbons (Fsp3) is 0.818. The molecule has 0 fully saturated rings. The third kappa shape index (κ3) is 2.34. The Morgan fingerprint density at radius 2 is 1.67 bits per heavy atom. The molecule has 72 valence electrons. The summed E-state index contributed by atoms with van der Waals surface area (Å²) in [7, 11) is 6.67. The average Bonchev–Trinajstić information content (AvgIpc) is 1.85. The molecule has 0 aliphatic heterocycles. The molecule has 1 heteroatoms. The van der Waals surface area contributed by atoms with Crippen molar-refractivity contribution in [1.29, 1.82) is 0 Å². The molecule has 0 amide bonds. The number of quaternary nitrogens is 1. The van der Waals surface area contributed by atoms with Gasteiger partial charge in [0, 0.05) is 0 Å². The van der Waals surface area contributed by atoms with E-state index in [-0.39, 0.29) is 5.54 Å². The minimum absolute atomic E-state index is 0.190. The van der Waals surface area contributed by atoms with Gasteiger partial charge in [-0.05, 0) is 25.8 Å². The van der Waals surface area contributed by atoms with Gasteiger partial charge in [-0.25, -0.2) is 0 Å². The lowest BCUT2D eigenvalue weighted by atomic mass is 9.89. The lowest BCUT2D eigenvalue weighted by molar-refractivity contribution is -0.913. The topological polar surface area (TPSA) is 0 Å². The van der Waals surface area contributed by atoms with Crippen molar-refractivity contribution in [2.45, 2.75) is 39.2 Å². The largest absolute Gasteiger partial charge is 0.323 e. The maximum atomic E-state index is 4.17. The SMILES string of the molecule is C=C(CCC)C(C)(C)[N+](C)(C)C. The summed E-state index contributed by atoms with van der Waals surface area (Å²) < 4.78 is 0.950. The summed E-state index contributed by atoms with van der Waals surface area (Å²) >= 11 is 0. The smallest absolute Gasteiger partial charge is 0.114 e. The van der Waals surface area contributed by atoms with E-state index in [1.165, 1.54) is 12.0 Å². The molecule has 0 aromatic carbocycles. The Morgan fingerprint density at radius 1 is 1.25 bits per heavy atom. The molecule has 0 bridgehead atoms. The first-order valence-electron chi connectivity index (χ1n) is 4.73. The third-order valence-electron chi connectivity index (χ3n) is 3.09. The second-order valence-electron chi connectivity index (χ2n) is 4.93. The molecular weight excluding hydrogens is 146 g/mol. The highest BCUT2D eigenvalue weighted by atomic mass is 15.3. The fourth-order valence-electron chi connectivity index (χ4n) is 1.08. The standard InChI is InChI=1S/C11H24N/c1-8-9-10(2)11(3,4)12(5,6)7/h2,8-9H2,1,3-7H3/q+1. The maximum Gasteiger partial charge on any atom is 0.114 e. The summed E-state index contributed by atoms with van der Waals surface area (Å²) in [6, 6.07) is 0. The van der Waals surface area contributed by atoms with Crippen molar-refractivity contribution in [1.82, 2.24) is 0 Å². The maximum absolute atomic E-state index is 4.17. The Bertz CT molecular complexity index is 160. The molecule has 0 saturated carbocycles. The molecule has 0 aromatic heterocycles. The van der Waals surface area contributed by atoms with Crippen LogP contribution in [0.4, 0.5) is 0 Å². The van der Waals surface area contributed by atoms with Crippen molar-refractivity contribution in [3.8, 4) is 0 Å². The zero-order chi connectivity index (χ0) is 9.99. The van der Waals surface area contributed by atoms with Crippen LogP contribution in [0.5, 0.6) is 0 Å². The van der Waals surface area contributed by atoms with Gasteiger partial charge >= 0.3 is 0 Å². The first-order valence-corrected chi connectivity index (χ1v) is 4.73. The normalized spacial score (nSPS) is 13.2. The van der Waals surface area contributed by atoms with Crippen LogP contribution >= 0.6 is 0 Å². The van der Waals surface area contributed by atoms with Gasteiger partial charge in [0.2, 0.25) is 0 Å². The first-order chi connectivity index (χ1) is 5.23. The van der Waals surface area contributed by atoms with Gasteiger partial charge in [0.05, 0.1) is 21.1 Å². The fourth-order valence-corrected chi connectivity index (χ4v) is 1.08. The van der Waals surface area contributed by atoms with Gasteiger partial charge in [0.1, 0.15) is 5.54 Å². The molecule has 12 heavy (non-hydrogen) atoms. The zero-order valence-corrected chi connectivity index (χ0v) is 9.57. The summed E-state index contributed by atoms with van der Waals surface area (Å²) in [5, 5.41) is 0. The quantitative estimate of drug-likeness (QED) is 0.449. The van der Waals surface area contributed by atoms with Crippen molar-refractivity contribution >= 4 is 0 Å². The Balaban J connectivity index is 4.50. The number of likely N-dealkylation sites (N-methyl/N-ethyl adjacent to an activating group) is 1. The molecule has 0 saturated heterocycles. The Morgan fingerprint density at radius 3 is 1.92 bits per heavy atom. The van der Waals surface area contributed by atoms with E-state index in [9.17, 15) is 0 Å². The minimum atomic E-state index is 0.190. The van der Waals surface area contributed by atoms with Gasteiger partial charge in [-0.3, -0.25) is 0 Å². The van der Waals surface area contributed by atoms with Crippen LogP contribution < -0.4 is 0 Å². The second kappa shape index (κ2) is 3.61. The number of hydrogen-bond donors (Lipinski definition) is 0. The van der Waals surface area contributed by atoms with Gasteiger partial charge in [-0.1, -0.05) is 19.9 Å². The second-order valence-corrected chi connectivity index (χ2v) is 4.93. The van der Waals surface area contributed by atoms with E-state index in [2.05, 4.69) is 48.5 Å². The number of nitrogens with zero attached hydrogens (tertiary/aromatic N) is 1. The zero-order valence-electron chi connectivity index (χ0n) is 9.57. The molecule has 0 unspecified atom stereocenters. The Labute approximate surface area is 77.7 Å². The van der Waals surface area contributed by atoms with E-state index < -0.39 is 0 Å². The summed E-state index contributed by atoms with van der Waals surface area (Å²) in [6.45, 7) is 10.9. The molecule has 0 aliphatic rings. The third-order valence-corrected chi connectivity index (χ3v) is 3.09. The van der Waals surface area contributed by atoms with Gasteiger partial charge < -0.3 is 4.48 Å². The molecule has 0 spiro atoms. The Kier molecular flexibility index (Phi) is 3.52. The van der Waals surface area contributed by atoms with Crippen LogP contribution in [0.3, 0.4) is 0 Å². The molecular formula is C11H24N+. The van der Waals surface area contributed by atoms with Crippen molar-refractivity contribution in [3.63, 3.8) is 0 Å². The van der Waals surface area contributed by atoms with E-state index in [0.717, 1.165) is 10.9 Å². The first kappa shape index (κ1) is 11.7. The van der Waals surface area contributed by atoms with E-state index in [0.29, 0.717) is 0 Å². The van der Waals surface area contributed by atoms with Crippen molar-refractivity contribution in [3.05, 3.63) is 12.2 Å². The molecule has 0 heterocycles. The molecule has 0 aliphatic carbocycles. The highest BCUT2D eigenvalue weighted by Gasteiger charge is 2.34. The summed E-state index contributed by atoms with van der Waals surface area (Å²) in [4.78, 5) is 0. The van der Waals surface area contributed by atoms with Crippen LogP contribution in [0.2, 0.25) is 0 Å².